The number of nitriles is 1. The van der Waals surface area contributed by atoms with Crippen LogP contribution in [0, 0.1) is 23.7 Å². The first-order chi connectivity index (χ1) is 71.5. The molecule has 794 valence electrons. The molecule has 6 unspecified atom stereocenters. The van der Waals surface area contributed by atoms with Gasteiger partial charge in [0.1, 0.15) is 34.1 Å². The number of halogens is 10. The third-order valence-electron chi connectivity index (χ3n) is 21.1. The Morgan fingerprint density at radius 3 is 0.879 bits per heavy atom. The number of anilines is 6. The maximum Gasteiger partial charge on any atom is 0.416 e. The molecule has 12 aromatic heterocycles. The average molecular weight is 2310 g/mol. The summed E-state index contributed by atoms with van der Waals surface area (Å²) >= 11 is 54.2. The van der Waals surface area contributed by atoms with Gasteiger partial charge >= 0.3 is 6.18 Å². The zero-order valence-electron chi connectivity index (χ0n) is 84.4. The molecule has 149 heavy (non-hydrogen) atoms. The number of alkyl halides is 3. The first-order valence-electron chi connectivity index (χ1n) is 46.7. The summed E-state index contributed by atoms with van der Waals surface area (Å²) in [5.41, 5.74) is 7.21. The number of benzene rings is 1. The number of aromatic nitrogens is 18. The zero-order chi connectivity index (χ0) is 109. The Balaban J connectivity index is 0.000000219. The number of hydrogen-bond acceptors (Lipinski definition) is 27. The van der Waals surface area contributed by atoms with Crippen LogP contribution in [0.3, 0.4) is 0 Å². The van der Waals surface area contributed by atoms with Crippen molar-refractivity contribution in [3.8, 4) is 52.5 Å². The Hall–Kier alpha value is -10.5. The lowest BCUT2D eigenvalue weighted by Gasteiger charge is -2.23. The van der Waals surface area contributed by atoms with Gasteiger partial charge in [-0.1, -0.05) is 94.1 Å². The average Bonchev–Trinajstić information content (AvgIpc) is 1.76. The molecule has 49 heteroatoms. The number of pyridine rings is 6. The smallest absolute Gasteiger partial charge is 0.384 e. The highest BCUT2D eigenvalue weighted by Crippen LogP contribution is 2.40. The zero-order valence-corrected chi connectivity index (χ0v) is 95.4. The van der Waals surface area contributed by atoms with E-state index in [1.54, 1.807) is 246 Å². The monoisotopic (exact) mass is 2300 g/mol. The molecule has 0 saturated carbocycles. The number of ether oxygens (including phenoxy) is 1. The lowest BCUT2D eigenvalue weighted by atomic mass is 10.2. The van der Waals surface area contributed by atoms with Crippen LogP contribution in [0.4, 0.5) is 47.3 Å². The summed E-state index contributed by atoms with van der Waals surface area (Å²) in [6.07, 6.45) is 34.8. The Bertz CT molecular complexity index is 6350. The van der Waals surface area contributed by atoms with Crippen LogP contribution in [0.5, 0.6) is 0 Å². The Labute approximate surface area is 930 Å². The summed E-state index contributed by atoms with van der Waals surface area (Å²) in [5, 5.41) is 34.3. The number of methoxy groups -OCH3 is 1. The molecule has 13 rings (SSSR count). The van der Waals surface area contributed by atoms with E-state index in [4.69, 9.17) is 97.6 Å². The predicted octanol–water partition coefficient (Wildman–Crippen LogP) is 23.1. The Morgan fingerprint density at radius 2 is 0.651 bits per heavy atom. The first-order valence-corrected chi connectivity index (χ1v) is 56.9. The molecule has 0 aliphatic rings. The fourth-order valence-electron chi connectivity index (χ4n) is 13.6. The van der Waals surface area contributed by atoms with Crippen LogP contribution in [0.1, 0.15) is 108 Å². The molecule has 0 saturated heterocycles. The van der Waals surface area contributed by atoms with Gasteiger partial charge in [0.05, 0.1) is 169 Å². The highest BCUT2D eigenvalue weighted by Gasteiger charge is 2.35. The topological polar surface area (TPSA) is 339 Å². The summed E-state index contributed by atoms with van der Waals surface area (Å²) < 4.78 is 53.2. The molecule has 12 heterocycles. The molecular weight excluding hydrogens is 2190 g/mol. The van der Waals surface area contributed by atoms with Crippen LogP contribution >= 0.6 is 164 Å². The van der Waals surface area contributed by atoms with Crippen molar-refractivity contribution in [1.29, 1.82) is 5.26 Å². The Morgan fingerprint density at radius 1 is 0.389 bits per heavy atom. The number of thioether (sulfide) groups is 7. The van der Waals surface area contributed by atoms with E-state index in [9.17, 15) is 41.9 Å². The molecule has 1 aromatic carbocycles. The highest BCUT2D eigenvalue weighted by molar-refractivity contribution is 8.03. The molecule has 0 aliphatic carbocycles. The van der Waals surface area contributed by atoms with Gasteiger partial charge in [-0.15, -0.1) is 77.0 Å². The molecule has 0 radical (unpaired) electrons. The van der Waals surface area contributed by atoms with Crippen molar-refractivity contribution in [2.45, 2.75) is 145 Å². The van der Waals surface area contributed by atoms with Crippen molar-refractivity contribution in [1.82, 2.24) is 88.6 Å². The second kappa shape index (κ2) is 63.7. The van der Waals surface area contributed by atoms with Gasteiger partial charge in [0.2, 0.25) is 35.4 Å². The summed E-state index contributed by atoms with van der Waals surface area (Å²) in [5.74, 6) is 7.11. The minimum absolute atomic E-state index is 0.00578. The van der Waals surface area contributed by atoms with Crippen LogP contribution in [0.25, 0.3) is 34.1 Å². The number of nitrogens with zero attached hydrogens (tertiary/aromatic N) is 25. The van der Waals surface area contributed by atoms with Gasteiger partial charge in [-0.25, -0.2) is 28.1 Å². The van der Waals surface area contributed by atoms with Gasteiger partial charge in [0.15, 0.2) is 30.9 Å². The quantitative estimate of drug-likeness (QED) is 0.0195. The van der Waals surface area contributed by atoms with Gasteiger partial charge in [0, 0.05) is 118 Å². The minimum Gasteiger partial charge on any atom is -0.384 e. The van der Waals surface area contributed by atoms with Gasteiger partial charge in [-0.05, 0) is 193 Å². The number of rotatable bonds is 42. The van der Waals surface area contributed by atoms with E-state index in [0.717, 1.165) is 81.8 Å². The highest BCUT2D eigenvalue weighted by atomic mass is 35.5. The van der Waals surface area contributed by atoms with Crippen molar-refractivity contribution in [2.75, 3.05) is 123 Å². The van der Waals surface area contributed by atoms with E-state index >= 15 is 0 Å². The second-order valence-corrected chi connectivity index (χ2v) is 43.3. The third kappa shape index (κ3) is 36.3. The SMILES string of the molecule is C#CCSC(C)C(=O)N(CC)c1cn(-c2cccnc2)nc1Cl.CCCSC(C)C(=O)N(CC)c1cn(-c2cccnc2)nc1Cl.CCN(C(=O)C(C)SCCC#N)c1cn(-c2cccnc2)nc1Cl.CCN(C(=O)C(C)SCCOC)c1cn(-c2cccnc2)nc1Cl.CCN(C(=O)C(C)SCCSC)c1cn(-c2cccnc2)nc1Cl.CCN(C(=O)C(C)Sc1ccc(C(F)(F)F)cc1Cl)c1cn(-c2cccnc2)nc1Cl. The lowest BCUT2D eigenvalue weighted by Crippen LogP contribution is -2.36. The van der Waals surface area contributed by atoms with Gasteiger partial charge < -0.3 is 34.1 Å². The molecular formula is C100H115Cl7F3N25O7S7. The maximum atomic E-state index is 13.1. The largest absolute Gasteiger partial charge is 0.416 e. The van der Waals surface area contributed by atoms with Crippen LogP contribution in [-0.2, 0) is 39.7 Å². The number of hydrogen-bond donors (Lipinski definition) is 0. The minimum atomic E-state index is -4.49. The van der Waals surface area contributed by atoms with Crippen molar-refractivity contribution >= 4 is 233 Å². The number of amides is 6. The van der Waals surface area contributed by atoms with E-state index < -0.39 is 17.0 Å². The number of terminal acetylenes is 1. The van der Waals surface area contributed by atoms with Crippen molar-refractivity contribution in [3.63, 3.8) is 0 Å². The van der Waals surface area contributed by atoms with Crippen molar-refractivity contribution in [2.24, 2.45) is 0 Å². The summed E-state index contributed by atoms with van der Waals surface area (Å²) in [6.45, 7) is 28.1. The van der Waals surface area contributed by atoms with Gasteiger partial charge in [-0.3, -0.25) is 58.7 Å². The van der Waals surface area contributed by atoms with Crippen molar-refractivity contribution in [3.05, 3.63) is 244 Å². The van der Waals surface area contributed by atoms with Crippen molar-refractivity contribution < 1.29 is 46.7 Å². The second-order valence-electron chi connectivity index (χ2n) is 31.3. The van der Waals surface area contributed by atoms with Crippen LogP contribution in [0.15, 0.2) is 207 Å². The van der Waals surface area contributed by atoms with Gasteiger partial charge in [-0.2, -0.15) is 60.8 Å². The molecule has 0 N–H and O–H groups in total. The van der Waals surface area contributed by atoms with Gasteiger partial charge in [0.25, 0.3) is 0 Å². The van der Waals surface area contributed by atoms with Crippen LogP contribution < -0.4 is 29.4 Å². The molecule has 6 atom stereocenters. The first kappa shape index (κ1) is 124. The molecule has 0 fully saturated rings. The fourth-order valence-corrected chi connectivity index (χ4v) is 21.1. The molecule has 0 spiro atoms. The normalized spacial score (nSPS) is 12.1. The van der Waals surface area contributed by atoms with E-state index in [0.29, 0.717) is 124 Å². The van der Waals surface area contributed by atoms with Crippen LogP contribution in [0.2, 0.25) is 35.9 Å². The maximum absolute atomic E-state index is 13.1. The molecule has 32 nitrogen and oxygen atoms in total. The van der Waals surface area contributed by atoms with E-state index in [1.165, 1.54) is 39.2 Å². The van der Waals surface area contributed by atoms with E-state index in [1.807, 2.05) is 124 Å². The summed E-state index contributed by atoms with van der Waals surface area (Å²) in [7, 11) is 1.65. The summed E-state index contributed by atoms with van der Waals surface area (Å²) in [6, 6.07) is 27.2. The fraction of sp³-hybridized carbons (Fsp3) is 0.370. The number of carbonyl (C=O) groups excluding carboxylic acids is 6. The molecule has 0 aliphatic heterocycles. The number of carbonyl (C=O) groups is 6. The lowest BCUT2D eigenvalue weighted by molar-refractivity contribution is -0.137. The third-order valence-corrected chi connectivity index (χ3v) is 31.0. The van der Waals surface area contributed by atoms with E-state index in [2.05, 4.69) is 85.7 Å². The standard InChI is InChI=1S/C20H17Cl2F3N4OS.C16H18ClN5OS.C16H21ClN4O2S.C16H21ClN4OS2.C16H21ClN4OS.C16H17ClN4OS/c1-3-28(16-11-29(27-18(16)22)14-5-4-8-26-10-14)19(30)12(2)31-17-7-6-13(9-15(17)21)20(23,24)25;1-3-21(16(23)12(2)24-9-5-7-18)14-11-22(20-15(14)17)13-6-4-8-19-10-13;2*1-4-20(16(22)12(2)24-9-8-23-3)14-11-21(19-15(14)17)13-6-5-7-18-10-13;2*1-4-9-23-12(3)16(22)20(5-2)14-11-21(19-15(14)17)13-7-6-8-18-10-13/h4-12H,3H2,1-2H3;4,6,8,10-12H,3,5,9H2,1-2H3;2*5-7,10-12H,4,8-9H2,1-3H3;6-8,10-12H,4-5,9H2,1-3H3;1,6-8,10-12H,5,9H2,2-3H3. The molecule has 13 aromatic rings. The predicted molar refractivity (Wildman–Crippen MR) is 607 cm³/mol. The molecule has 6 amide bonds. The molecule has 0 bridgehead atoms. The van der Waals surface area contributed by atoms with E-state index in [-0.39, 0.29) is 82.2 Å². The Kier molecular flexibility index (Phi) is 52.9. The van der Waals surface area contributed by atoms with Crippen LogP contribution in [-0.4, -0.2) is 249 Å². The summed E-state index contributed by atoms with van der Waals surface area (Å²) in [4.78, 5) is 111.